The monoisotopic (exact) mass is 423 g/mol. The van der Waals surface area contributed by atoms with Crippen LogP contribution in [0, 0.1) is 0 Å². The molecule has 2 unspecified atom stereocenters. The summed E-state index contributed by atoms with van der Waals surface area (Å²) >= 11 is 2.50. The Morgan fingerprint density at radius 2 is 1.61 bits per heavy atom. The van der Waals surface area contributed by atoms with Gasteiger partial charge in [-0.15, -0.1) is 0 Å². The van der Waals surface area contributed by atoms with Gasteiger partial charge in [-0.2, -0.15) is 0 Å². The Kier molecular flexibility index (Phi) is 6.48. The molecule has 0 spiro atoms. The number of rotatable bonds is 6. The van der Waals surface area contributed by atoms with E-state index in [1.54, 1.807) is 0 Å². The summed E-state index contributed by atoms with van der Waals surface area (Å²) in [7, 11) is 0. The molecule has 0 aliphatic carbocycles. The summed E-state index contributed by atoms with van der Waals surface area (Å²) in [5.41, 5.74) is 2.74. The molecule has 23 heavy (non-hydrogen) atoms. The second-order valence-electron chi connectivity index (χ2n) is 6.11. The molecular weight excluding hydrogens is 399 g/mol. The van der Waals surface area contributed by atoms with Crippen LogP contribution >= 0.6 is 22.6 Å². The van der Waals surface area contributed by atoms with Gasteiger partial charge in [-0.1, -0.05) is 83.3 Å². The molecule has 2 nitrogen and oxygen atoms in total. The molecule has 0 radical (unpaired) electrons. The summed E-state index contributed by atoms with van der Waals surface area (Å²) in [5.74, 6) is 0. The van der Waals surface area contributed by atoms with Gasteiger partial charge in [0.1, 0.15) is 0 Å². The lowest BCUT2D eigenvalue weighted by Gasteiger charge is -2.35. The van der Waals surface area contributed by atoms with Crippen LogP contribution in [0.1, 0.15) is 24.0 Å². The van der Waals surface area contributed by atoms with Crippen LogP contribution in [-0.2, 0) is 22.1 Å². The van der Waals surface area contributed by atoms with Crippen LogP contribution in [0.3, 0.4) is 0 Å². The van der Waals surface area contributed by atoms with Gasteiger partial charge >= 0.3 is 0 Å². The molecule has 0 amide bonds. The SMILES string of the molecule is ICC1CC(CCc2ccccc2)OC[O+]1Cc1ccccc1. The van der Waals surface area contributed by atoms with Crippen LogP contribution in [0.2, 0.25) is 0 Å². The molecule has 2 aromatic rings. The molecule has 0 aromatic heterocycles. The van der Waals surface area contributed by atoms with Crippen molar-refractivity contribution in [1.29, 1.82) is 0 Å². The third kappa shape index (κ3) is 5.03. The lowest BCUT2D eigenvalue weighted by molar-refractivity contribution is -0.317. The Labute approximate surface area is 152 Å². The van der Waals surface area contributed by atoms with Crippen LogP contribution in [0.15, 0.2) is 60.7 Å². The van der Waals surface area contributed by atoms with Gasteiger partial charge in [-0.25, -0.2) is 0 Å². The third-order valence-electron chi connectivity index (χ3n) is 4.42. The van der Waals surface area contributed by atoms with Crippen LogP contribution < -0.4 is 0 Å². The van der Waals surface area contributed by atoms with Crippen molar-refractivity contribution in [3.05, 3.63) is 71.8 Å². The minimum Gasteiger partial charge on any atom is -0.394 e. The van der Waals surface area contributed by atoms with Crippen molar-refractivity contribution in [3.63, 3.8) is 0 Å². The zero-order valence-corrected chi connectivity index (χ0v) is 15.5. The lowest BCUT2D eigenvalue weighted by Crippen LogP contribution is -2.41. The van der Waals surface area contributed by atoms with Gasteiger partial charge in [0.2, 0.25) is 0 Å². The summed E-state index contributed by atoms with van der Waals surface area (Å²) in [4.78, 5) is 0. The quantitative estimate of drug-likeness (QED) is 0.365. The fourth-order valence-corrected chi connectivity index (χ4v) is 3.92. The van der Waals surface area contributed by atoms with Crippen LogP contribution in [0.5, 0.6) is 0 Å². The molecule has 1 aliphatic rings. The molecule has 1 aliphatic heterocycles. The van der Waals surface area contributed by atoms with Gasteiger partial charge in [0.15, 0.2) is 12.7 Å². The van der Waals surface area contributed by atoms with E-state index in [0.717, 1.165) is 30.3 Å². The van der Waals surface area contributed by atoms with Crippen LogP contribution in [0.4, 0.5) is 0 Å². The van der Waals surface area contributed by atoms with Gasteiger partial charge in [0.25, 0.3) is 6.79 Å². The number of ether oxygens (including phenoxy) is 1. The molecular formula is C20H24IO2+. The Bertz CT molecular complexity index is 573. The molecule has 3 heteroatoms. The number of halogens is 1. The van der Waals surface area contributed by atoms with E-state index in [-0.39, 0.29) is 0 Å². The van der Waals surface area contributed by atoms with Crippen molar-refractivity contribution >= 4 is 22.6 Å². The molecule has 1 heterocycles. The second kappa shape index (κ2) is 8.81. The topological polar surface area (TPSA) is 11.9 Å². The van der Waals surface area contributed by atoms with Crippen molar-refractivity contribution < 1.29 is 9.10 Å². The van der Waals surface area contributed by atoms with Crippen molar-refractivity contribution in [1.82, 2.24) is 0 Å². The average molecular weight is 423 g/mol. The number of benzene rings is 2. The fraction of sp³-hybridized carbons (Fsp3) is 0.400. The van der Waals surface area contributed by atoms with Crippen LogP contribution in [0.25, 0.3) is 0 Å². The van der Waals surface area contributed by atoms with Gasteiger partial charge in [-0.05, 0) is 18.4 Å². The van der Waals surface area contributed by atoms with E-state index >= 15 is 0 Å². The fourth-order valence-electron chi connectivity index (χ4n) is 3.05. The van der Waals surface area contributed by atoms with Crippen LogP contribution in [-0.4, -0.2) is 23.4 Å². The zero-order chi connectivity index (χ0) is 15.9. The minimum atomic E-state index is 0.370. The minimum absolute atomic E-state index is 0.370. The summed E-state index contributed by atoms with van der Waals surface area (Å²) < 4.78 is 10.6. The molecule has 2 atom stereocenters. The summed E-state index contributed by atoms with van der Waals surface area (Å²) in [5, 5.41) is 0. The maximum Gasteiger partial charge on any atom is 0.256 e. The maximum atomic E-state index is 6.10. The Morgan fingerprint density at radius 1 is 0.957 bits per heavy atom. The highest BCUT2D eigenvalue weighted by Gasteiger charge is 2.33. The van der Waals surface area contributed by atoms with E-state index < -0.39 is 0 Å². The number of aryl methyl sites for hydroxylation is 1. The van der Waals surface area contributed by atoms with Gasteiger partial charge in [0.05, 0.1) is 10.5 Å². The van der Waals surface area contributed by atoms with Crippen molar-refractivity contribution in [2.75, 3.05) is 11.2 Å². The Hall–Kier alpha value is -0.910. The molecule has 0 bridgehead atoms. The first-order valence-electron chi connectivity index (χ1n) is 8.27. The zero-order valence-electron chi connectivity index (χ0n) is 13.4. The lowest BCUT2D eigenvalue weighted by atomic mass is 10.0. The Balaban J connectivity index is 1.52. The second-order valence-corrected chi connectivity index (χ2v) is 6.99. The third-order valence-corrected chi connectivity index (χ3v) is 5.40. The normalized spacial score (nSPS) is 22.1. The van der Waals surface area contributed by atoms with E-state index in [0.29, 0.717) is 19.0 Å². The van der Waals surface area contributed by atoms with Crippen molar-refractivity contribution in [3.8, 4) is 0 Å². The number of hydrogen-bond acceptors (Lipinski definition) is 1. The average Bonchev–Trinajstić information content (AvgIpc) is 2.62. The van der Waals surface area contributed by atoms with Gasteiger partial charge < -0.3 is 9.10 Å². The maximum absolute atomic E-state index is 6.10. The molecule has 1 fully saturated rings. The van der Waals surface area contributed by atoms with Crippen molar-refractivity contribution in [2.24, 2.45) is 0 Å². The summed E-state index contributed by atoms with van der Waals surface area (Å²) in [6.07, 6.45) is 4.22. The van der Waals surface area contributed by atoms with E-state index in [4.69, 9.17) is 4.74 Å². The van der Waals surface area contributed by atoms with E-state index in [1.807, 2.05) is 0 Å². The van der Waals surface area contributed by atoms with Gasteiger partial charge in [-0.3, -0.25) is 0 Å². The molecule has 1 saturated heterocycles. The summed E-state index contributed by atoms with van der Waals surface area (Å²) in [6.45, 7) is 1.57. The predicted molar refractivity (Wildman–Crippen MR) is 103 cm³/mol. The standard InChI is InChI=1S/C20H24IO2/c21-14-20-13-19(12-11-17-7-3-1-4-8-17)22-16-23(20)15-18-9-5-2-6-10-18/h1-10,19-20H,11-16H2/q+1. The predicted octanol–water partition coefficient (Wildman–Crippen LogP) is 4.92. The number of alkyl halides is 1. The van der Waals surface area contributed by atoms with E-state index in [9.17, 15) is 0 Å². The van der Waals surface area contributed by atoms with Crippen molar-refractivity contribution in [2.45, 2.75) is 38.1 Å². The molecule has 2 aromatic carbocycles. The largest absolute Gasteiger partial charge is 0.394 e. The molecule has 0 N–H and O–H groups in total. The smallest absolute Gasteiger partial charge is 0.256 e. The molecule has 3 rings (SSSR count). The molecule has 122 valence electrons. The van der Waals surface area contributed by atoms with E-state index in [1.165, 1.54) is 11.1 Å². The first-order chi connectivity index (χ1) is 11.3. The first kappa shape index (κ1) is 16.9. The molecule has 0 saturated carbocycles. The Morgan fingerprint density at radius 3 is 2.26 bits per heavy atom. The van der Waals surface area contributed by atoms with Gasteiger partial charge in [0, 0.05) is 12.0 Å². The highest BCUT2D eigenvalue weighted by atomic mass is 127. The number of hydrogen-bond donors (Lipinski definition) is 0. The highest BCUT2D eigenvalue weighted by molar-refractivity contribution is 14.1. The summed E-state index contributed by atoms with van der Waals surface area (Å²) in [6, 6.07) is 21.3. The van der Waals surface area contributed by atoms with E-state index in [2.05, 4.69) is 87.6 Å². The highest BCUT2D eigenvalue weighted by Crippen LogP contribution is 2.27. The first-order valence-corrected chi connectivity index (χ1v) is 9.79.